The number of ether oxygens (including phenoxy) is 1. The lowest BCUT2D eigenvalue weighted by molar-refractivity contribution is -0.137. The van der Waals surface area contributed by atoms with E-state index in [1.807, 2.05) is 0 Å². The molecule has 166 valence electrons. The predicted molar refractivity (Wildman–Crippen MR) is 111 cm³/mol. The highest BCUT2D eigenvalue weighted by Crippen LogP contribution is 2.40. The normalized spacial score (nSPS) is 20.8. The Kier molecular flexibility index (Phi) is 5.42. The topological polar surface area (TPSA) is 73.6 Å². The number of ketones is 1. The summed E-state index contributed by atoms with van der Waals surface area (Å²) < 4.78 is 46.1. The van der Waals surface area contributed by atoms with Crippen molar-refractivity contribution in [1.82, 2.24) is 0 Å². The third kappa shape index (κ3) is 3.60. The van der Waals surface area contributed by atoms with E-state index in [0.717, 1.165) is 12.1 Å². The van der Waals surface area contributed by atoms with E-state index in [0.29, 0.717) is 29.8 Å². The molecule has 2 atom stereocenters. The molecular formula is C23H20F3N3O3. The van der Waals surface area contributed by atoms with Crippen LogP contribution in [-0.4, -0.2) is 37.1 Å². The molecule has 0 aromatic heterocycles. The molecule has 2 aromatic carbocycles. The van der Waals surface area contributed by atoms with Gasteiger partial charge in [-0.15, -0.1) is 0 Å². The Morgan fingerprint density at radius 3 is 2.41 bits per heavy atom. The minimum atomic E-state index is -4.73. The van der Waals surface area contributed by atoms with Gasteiger partial charge in [0, 0.05) is 23.5 Å². The minimum Gasteiger partial charge on any atom is -0.379 e. The Bertz CT molecular complexity index is 1140. The predicted octanol–water partition coefficient (Wildman–Crippen LogP) is 4.69. The smallest absolute Gasteiger partial charge is 0.379 e. The van der Waals surface area contributed by atoms with Crippen LogP contribution in [0.25, 0.3) is 0 Å². The zero-order valence-corrected chi connectivity index (χ0v) is 17.4. The molecule has 4 rings (SSSR count). The van der Waals surface area contributed by atoms with Gasteiger partial charge >= 0.3 is 12.2 Å². The largest absolute Gasteiger partial charge is 0.417 e. The first-order valence-corrected chi connectivity index (χ1v) is 10.1. The summed E-state index contributed by atoms with van der Waals surface area (Å²) >= 11 is 0. The fourth-order valence-corrected chi connectivity index (χ4v) is 4.47. The van der Waals surface area contributed by atoms with E-state index in [2.05, 4.69) is 0 Å². The van der Waals surface area contributed by atoms with E-state index < -0.39 is 29.4 Å². The number of amides is 2. The maximum absolute atomic E-state index is 13.5. The lowest BCUT2D eigenvalue weighted by Gasteiger charge is -2.32. The van der Waals surface area contributed by atoms with Crippen molar-refractivity contribution < 1.29 is 27.5 Å². The van der Waals surface area contributed by atoms with Crippen LogP contribution in [0.1, 0.15) is 40.4 Å². The van der Waals surface area contributed by atoms with E-state index in [4.69, 9.17) is 10.00 Å². The van der Waals surface area contributed by atoms with E-state index in [1.54, 1.807) is 36.1 Å². The first-order chi connectivity index (χ1) is 15.1. The maximum atomic E-state index is 13.5. The van der Waals surface area contributed by atoms with Crippen molar-refractivity contribution in [2.24, 2.45) is 0 Å². The summed E-state index contributed by atoms with van der Waals surface area (Å²) in [5, 5.41) is 9.07. The van der Waals surface area contributed by atoms with Crippen LogP contribution in [0, 0.1) is 18.3 Å². The van der Waals surface area contributed by atoms with Crippen LogP contribution in [0.5, 0.6) is 0 Å². The highest BCUT2D eigenvalue weighted by molar-refractivity contribution is 6.08. The number of alkyl halides is 3. The summed E-state index contributed by atoms with van der Waals surface area (Å²) in [5.41, 5.74) is 0.295. The third-order valence-electron chi connectivity index (χ3n) is 5.94. The molecule has 0 radical (unpaired) electrons. The molecule has 2 amide bonds. The van der Waals surface area contributed by atoms with Crippen LogP contribution in [0.4, 0.5) is 29.3 Å². The molecule has 2 aliphatic rings. The van der Waals surface area contributed by atoms with Gasteiger partial charge < -0.3 is 4.74 Å². The summed E-state index contributed by atoms with van der Waals surface area (Å²) in [4.78, 5) is 28.2. The second kappa shape index (κ2) is 7.95. The van der Waals surface area contributed by atoms with Crippen molar-refractivity contribution in [3.05, 3.63) is 58.7 Å². The van der Waals surface area contributed by atoms with Crippen LogP contribution in [-0.2, 0) is 10.9 Å². The Labute approximate surface area is 182 Å². The molecule has 0 saturated carbocycles. The van der Waals surface area contributed by atoms with E-state index >= 15 is 0 Å². The molecule has 2 saturated heterocycles. The van der Waals surface area contributed by atoms with Crippen LogP contribution >= 0.6 is 0 Å². The zero-order chi connectivity index (χ0) is 23.2. The minimum absolute atomic E-state index is 0.0569. The number of carbonyl (C=O) groups excluding carboxylic acids is 2. The van der Waals surface area contributed by atoms with Crippen LogP contribution < -0.4 is 9.80 Å². The number of halogens is 3. The average molecular weight is 443 g/mol. The fourth-order valence-electron chi connectivity index (χ4n) is 4.47. The molecule has 0 N–H and O–H groups in total. The second-order valence-electron chi connectivity index (χ2n) is 7.92. The third-order valence-corrected chi connectivity index (χ3v) is 5.94. The van der Waals surface area contributed by atoms with Crippen LogP contribution in [0.2, 0.25) is 0 Å². The lowest BCUT2D eigenvalue weighted by Crippen LogP contribution is -2.45. The number of nitriles is 1. The average Bonchev–Trinajstić information content (AvgIpc) is 3.04. The van der Waals surface area contributed by atoms with Gasteiger partial charge in [-0.25, -0.2) is 4.79 Å². The van der Waals surface area contributed by atoms with Crippen molar-refractivity contribution in [2.45, 2.75) is 38.5 Å². The Balaban J connectivity index is 1.79. The van der Waals surface area contributed by atoms with Crippen molar-refractivity contribution >= 4 is 23.2 Å². The Morgan fingerprint density at radius 1 is 1.12 bits per heavy atom. The van der Waals surface area contributed by atoms with Crippen LogP contribution in [0.15, 0.2) is 36.4 Å². The second-order valence-corrected chi connectivity index (χ2v) is 7.92. The number of carbonyl (C=O) groups is 2. The number of urea groups is 1. The number of aryl methyl sites for hydroxylation is 1. The first kappa shape index (κ1) is 21.8. The van der Waals surface area contributed by atoms with Crippen molar-refractivity contribution in [2.75, 3.05) is 23.0 Å². The van der Waals surface area contributed by atoms with Crippen LogP contribution in [0.3, 0.4) is 0 Å². The number of hydrogen-bond acceptors (Lipinski definition) is 4. The molecule has 0 bridgehead atoms. The Hall–Kier alpha value is -3.38. The van der Waals surface area contributed by atoms with Gasteiger partial charge in [-0.3, -0.25) is 14.6 Å². The van der Waals surface area contributed by atoms with E-state index in [1.165, 1.54) is 17.9 Å². The highest BCUT2D eigenvalue weighted by Gasteiger charge is 2.49. The molecule has 2 fully saturated rings. The fraction of sp³-hybridized carbons (Fsp3) is 0.348. The zero-order valence-electron chi connectivity index (χ0n) is 17.4. The first-order valence-electron chi connectivity index (χ1n) is 10.1. The lowest BCUT2D eigenvalue weighted by atomic mass is 10.00. The van der Waals surface area contributed by atoms with E-state index in [-0.39, 0.29) is 24.1 Å². The van der Waals surface area contributed by atoms with Gasteiger partial charge in [-0.2, -0.15) is 18.4 Å². The monoisotopic (exact) mass is 443 g/mol. The summed E-state index contributed by atoms with van der Waals surface area (Å²) in [6, 6.07) is 8.64. The SMILES string of the molecule is CC(=O)c1ccc(N2C(=O)N(c3ccc(C#N)c(C(F)(F)F)c3)[C@@H]3COCC[C@H]32)cc1C. The molecule has 32 heavy (non-hydrogen) atoms. The van der Waals surface area contributed by atoms with E-state index in [9.17, 15) is 22.8 Å². The van der Waals surface area contributed by atoms with Crippen molar-refractivity contribution in [3.63, 3.8) is 0 Å². The summed E-state index contributed by atoms with van der Waals surface area (Å²) in [5.74, 6) is -0.0929. The van der Waals surface area contributed by atoms with Gasteiger partial charge in [-0.05, 0) is 62.2 Å². The molecular weight excluding hydrogens is 423 g/mol. The molecule has 2 aromatic rings. The standard InChI is InChI=1S/C23H20F3N3O3/c1-13-9-16(5-6-18(13)14(2)30)28-20-7-8-32-12-21(20)29(22(28)31)17-4-3-15(11-27)19(10-17)23(24,25)26/h3-6,9-10,20-21H,7-8,12H2,1-2H3/t20-,21-/m1/s1. The number of benzene rings is 2. The maximum Gasteiger partial charge on any atom is 0.417 e. The molecule has 0 unspecified atom stereocenters. The molecule has 0 aliphatic carbocycles. The van der Waals surface area contributed by atoms with Gasteiger partial charge in [0.25, 0.3) is 0 Å². The summed E-state index contributed by atoms with van der Waals surface area (Å²) in [6.45, 7) is 3.84. The molecule has 9 heteroatoms. The van der Waals surface area contributed by atoms with Crippen molar-refractivity contribution in [3.8, 4) is 6.07 Å². The number of fused-ring (bicyclic) bond motifs is 1. The van der Waals surface area contributed by atoms with Gasteiger partial charge in [0.2, 0.25) is 0 Å². The number of Topliss-reactive ketones (excluding diaryl/α,β-unsaturated/α-hetero) is 1. The van der Waals surface area contributed by atoms with Crippen molar-refractivity contribution in [1.29, 1.82) is 5.26 Å². The quantitative estimate of drug-likeness (QED) is 0.645. The summed E-state index contributed by atoms with van der Waals surface area (Å²) in [7, 11) is 0. The molecule has 2 aliphatic heterocycles. The molecule has 2 heterocycles. The molecule has 0 spiro atoms. The number of anilines is 2. The summed E-state index contributed by atoms with van der Waals surface area (Å²) in [6.07, 6.45) is -4.21. The van der Waals surface area contributed by atoms with Gasteiger partial charge in [0.15, 0.2) is 5.78 Å². The number of rotatable bonds is 3. The van der Waals surface area contributed by atoms with Gasteiger partial charge in [0.1, 0.15) is 0 Å². The Morgan fingerprint density at radius 2 is 1.78 bits per heavy atom. The molecule has 6 nitrogen and oxygen atoms in total. The number of hydrogen-bond donors (Lipinski definition) is 0. The van der Waals surface area contributed by atoms with Gasteiger partial charge in [-0.1, -0.05) is 0 Å². The van der Waals surface area contributed by atoms with Gasteiger partial charge in [0.05, 0.1) is 35.9 Å². The highest BCUT2D eigenvalue weighted by atomic mass is 19.4. The number of nitrogens with zero attached hydrogens (tertiary/aromatic N) is 3.